The molecule has 1 saturated carbocycles. The number of ether oxygens (including phenoxy) is 1. The van der Waals surface area contributed by atoms with Gasteiger partial charge in [-0.1, -0.05) is 42.5 Å². The van der Waals surface area contributed by atoms with E-state index in [1.54, 1.807) is 4.57 Å². The Hall–Kier alpha value is -4.08. The molecule has 7 nitrogen and oxygen atoms in total. The predicted molar refractivity (Wildman–Crippen MR) is 121 cm³/mol. The van der Waals surface area contributed by atoms with Gasteiger partial charge in [0.1, 0.15) is 16.9 Å². The van der Waals surface area contributed by atoms with Crippen LogP contribution in [0.3, 0.4) is 0 Å². The molecule has 10 heteroatoms. The van der Waals surface area contributed by atoms with Crippen LogP contribution in [-0.4, -0.2) is 28.8 Å². The van der Waals surface area contributed by atoms with Gasteiger partial charge in [-0.15, -0.1) is 13.2 Å². The van der Waals surface area contributed by atoms with Gasteiger partial charge in [-0.2, -0.15) is 0 Å². The molecule has 0 saturated heterocycles. The number of carbonyl (C=O) groups excluding carboxylic acids is 2. The SMILES string of the molecule is O=C(NCc1ccc(OC(F)(F)F)cc1)c1cn(Cc2ccccc2)cc(C(=O)NC2CC2)c1=O. The lowest BCUT2D eigenvalue weighted by molar-refractivity contribution is -0.274. The zero-order valence-corrected chi connectivity index (χ0v) is 18.5. The van der Waals surface area contributed by atoms with Crippen LogP contribution in [0.1, 0.15) is 44.7 Å². The molecule has 35 heavy (non-hydrogen) atoms. The molecule has 1 aromatic heterocycles. The van der Waals surface area contributed by atoms with Crippen molar-refractivity contribution in [1.29, 1.82) is 0 Å². The zero-order valence-electron chi connectivity index (χ0n) is 18.5. The fourth-order valence-electron chi connectivity index (χ4n) is 3.42. The fraction of sp³-hybridized carbons (Fsp3) is 0.240. The smallest absolute Gasteiger partial charge is 0.406 e. The lowest BCUT2D eigenvalue weighted by Gasteiger charge is -2.13. The maximum Gasteiger partial charge on any atom is 0.573 e. The normalized spacial score (nSPS) is 13.2. The second-order valence-corrected chi connectivity index (χ2v) is 8.19. The molecule has 1 aliphatic rings. The van der Waals surface area contributed by atoms with Gasteiger partial charge in [-0.05, 0) is 36.1 Å². The van der Waals surface area contributed by atoms with Crippen LogP contribution in [0.2, 0.25) is 0 Å². The van der Waals surface area contributed by atoms with E-state index < -0.39 is 23.6 Å². The maximum absolute atomic E-state index is 13.0. The molecule has 2 N–H and O–H groups in total. The standard InChI is InChI=1S/C25H22F3N3O4/c26-25(27,28)35-19-10-6-16(7-11-19)12-29-23(33)20-14-31(13-17-4-2-1-3-5-17)15-21(22(20)32)24(34)30-18-8-9-18/h1-7,10-11,14-15,18H,8-9,12-13H2,(H,29,33)(H,30,34). The largest absolute Gasteiger partial charge is 0.573 e. The second kappa shape index (κ2) is 10.0. The topological polar surface area (TPSA) is 89.4 Å². The first kappa shape index (κ1) is 24.1. The molecule has 0 unspecified atom stereocenters. The number of amides is 2. The van der Waals surface area contributed by atoms with Crippen LogP contribution in [0.4, 0.5) is 13.2 Å². The number of hydrogen-bond donors (Lipinski definition) is 2. The molecule has 0 spiro atoms. The first-order valence-corrected chi connectivity index (χ1v) is 10.9. The Morgan fingerprint density at radius 1 is 0.914 bits per heavy atom. The van der Waals surface area contributed by atoms with Crippen molar-refractivity contribution in [1.82, 2.24) is 15.2 Å². The third-order valence-corrected chi connectivity index (χ3v) is 5.30. The molecule has 2 aromatic carbocycles. The van der Waals surface area contributed by atoms with E-state index in [2.05, 4.69) is 15.4 Å². The molecule has 2 amide bonds. The summed E-state index contributed by atoms with van der Waals surface area (Å²) in [7, 11) is 0. The second-order valence-electron chi connectivity index (χ2n) is 8.19. The Bertz CT molecular complexity index is 1270. The van der Waals surface area contributed by atoms with Crippen LogP contribution in [0.5, 0.6) is 5.75 Å². The number of rotatable bonds is 8. The van der Waals surface area contributed by atoms with Crippen LogP contribution < -0.4 is 20.8 Å². The molecule has 0 atom stereocenters. The van der Waals surface area contributed by atoms with Gasteiger partial charge < -0.3 is 19.9 Å². The minimum Gasteiger partial charge on any atom is -0.406 e. The Morgan fingerprint density at radius 3 is 2.14 bits per heavy atom. The van der Waals surface area contributed by atoms with E-state index in [0.29, 0.717) is 12.1 Å². The van der Waals surface area contributed by atoms with Crippen molar-refractivity contribution in [2.75, 3.05) is 0 Å². The molecule has 1 heterocycles. The minimum atomic E-state index is -4.80. The van der Waals surface area contributed by atoms with Crippen LogP contribution in [0.25, 0.3) is 0 Å². The summed E-state index contributed by atoms with van der Waals surface area (Å²) in [5.41, 5.74) is 0.381. The number of pyridine rings is 1. The van der Waals surface area contributed by atoms with Crippen LogP contribution in [-0.2, 0) is 13.1 Å². The quantitative estimate of drug-likeness (QED) is 0.510. The molecule has 0 bridgehead atoms. The molecule has 4 rings (SSSR count). The minimum absolute atomic E-state index is 0.0336. The van der Waals surface area contributed by atoms with E-state index in [-0.39, 0.29) is 29.5 Å². The van der Waals surface area contributed by atoms with Crippen molar-refractivity contribution >= 4 is 11.8 Å². The van der Waals surface area contributed by atoms with E-state index in [0.717, 1.165) is 30.5 Å². The van der Waals surface area contributed by atoms with E-state index in [1.807, 2.05) is 30.3 Å². The summed E-state index contributed by atoms with van der Waals surface area (Å²) in [6, 6.07) is 14.4. The number of carbonyl (C=O) groups is 2. The van der Waals surface area contributed by atoms with Crippen molar-refractivity contribution in [3.63, 3.8) is 0 Å². The lowest BCUT2D eigenvalue weighted by atomic mass is 10.1. The average molecular weight is 485 g/mol. The number of aromatic nitrogens is 1. The summed E-state index contributed by atoms with van der Waals surface area (Å²) in [5, 5.41) is 5.36. The number of benzene rings is 2. The van der Waals surface area contributed by atoms with Crippen LogP contribution >= 0.6 is 0 Å². The molecule has 0 aliphatic heterocycles. The summed E-state index contributed by atoms with van der Waals surface area (Å²) in [4.78, 5) is 38.5. The predicted octanol–water partition coefficient (Wildman–Crippen LogP) is 3.62. The van der Waals surface area contributed by atoms with Crippen molar-refractivity contribution < 1.29 is 27.5 Å². The van der Waals surface area contributed by atoms with Gasteiger partial charge in [-0.3, -0.25) is 14.4 Å². The Morgan fingerprint density at radius 2 is 1.54 bits per heavy atom. The van der Waals surface area contributed by atoms with E-state index in [4.69, 9.17) is 0 Å². The summed E-state index contributed by atoms with van der Waals surface area (Å²) in [6.45, 7) is 0.299. The highest BCUT2D eigenvalue weighted by atomic mass is 19.4. The van der Waals surface area contributed by atoms with Crippen molar-refractivity contribution in [2.45, 2.75) is 38.3 Å². The Kier molecular flexibility index (Phi) is 6.90. The van der Waals surface area contributed by atoms with E-state index in [9.17, 15) is 27.6 Å². The van der Waals surface area contributed by atoms with E-state index in [1.165, 1.54) is 24.5 Å². The molecular formula is C25H22F3N3O4. The maximum atomic E-state index is 13.0. The Balaban J connectivity index is 1.53. The van der Waals surface area contributed by atoms with Gasteiger partial charge in [0, 0.05) is 31.5 Å². The van der Waals surface area contributed by atoms with Gasteiger partial charge in [0.15, 0.2) is 0 Å². The van der Waals surface area contributed by atoms with Crippen molar-refractivity contribution in [3.8, 4) is 5.75 Å². The third-order valence-electron chi connectivity index (χ3n) is 5.30. The van der Waals surface area contributed by atoms with Crippen molar-refractivity contribution in [3.05, 3.63) is 99.5 Å². The van der Waals surface area contributed by atoms with Crippen LogP contribution in [0, 0.1) is 0 Å². The first-order chi connectivity index (χ1) is 16.7. The number of alkyl halides is 3. The summed E-state index contributed by atoms with van der Waals surface area (Å²) in [5.74, 6) is -1.62. The molecule has 182 valence electrons. The molecular weight excluding hydrogens is 463 g/mol. The number of hydrogen-bond acceptors (Lipinski definition) is 4. The lowest BCUT2D eigenvalue weighted by Crippen LogP contribution is -2.36. The molecule has 3 aromatic rings. The average Bonchev–Trinajstić information content (AvgIpc) is 3.63. The first-order valence-electron chi connectivity index (χ1n) is 10.9. The summed E-state index contributed by atoms with van der Waals surface area (Å²) < 4.78 is 42.4. The summed E-state index contributed by atoms with van der Waals surface area (Å²) >= 11 is 0. The highest BCUT2D eigenvalue weighted by Crippen LogP contribution is 2.23. The monoisotopic (exact) mass is 485 g/mol. The number of nitrogens with zero attached hydrogens (tertiary/aromatic N) is 1. The van der Waals surface area contributed by atoms with Gasteiger partial charge >= 0.3 is 6.36 Å². The van der Waals surface area contributed by atoms with E-state index >= 15 is 0 Å². The highest BCUT2D eigenvalue weighted by Gasteiger charge is 2.31. The van der Waals surface area contributed by atoms with Crippen molar-refractivity contribution in [2.24, 2.45) is 0 Å². The summed E-state index contributed by atoms with van der Waals surface area (Å²) in [6.07, 6.45) is -0.290. The Labute approximate surface area is 198 Å². The van der Waals surface area contributed by atoms with Gasteiger partial charge in [0.05, 0.1) is 0 Å². The highest BCUT2D eigenvalue weighted by molar-refractivity contribution is 5.99. The molecule has 0 radical (unpaired) electrons. The number of nitrogens with one attached hydrogen (secondary N) is 2. The van der Waals surface area contributed by atoms with Gasteiger partial charge in [-0.25, -0.2) is 0 Å². The van der Waals surface area contributed by atoms with Gasteiger partial charge in [0.25, 0.3) is 11.8 Å². The fourth-order valence-corrected chi connectivity index (χ4v) is 3.42. The van der Waals surface area contributed by atoms with Gasteiger partial charge in [0.2, 0.25) is 5.43 Å². The number of halogens is 3. The molecule has 1 aliphatic carbocycles. The molecule has 1 fully saturated rings. The van der Waals surface area contributed by atoms with Crippen LogP contribution in [0.15, 0.2) is 71.8 Å². The zero-order chi connectivity index (χ0) is 25.0. The third kappa shape index (κ3) is 6.72.